The van der Waals surface area contributed by atoms with Crippen LogP contribution in [0.25, 0.3) is 10.8 Å². The Hall–Kier alpha value is -2.50. The Balaban J connectivity index is 2.61. The average Bonchev–Trinajstić information content (AvgIpc) is 2.27. The molecule has 0 saturated carbocycles. The number of carbonyl (C=O) groups is 1. The molecule has 0 bridgehead atoms. The molecule has 0 saturated heterocycles. The molecule has 1 aromatic carbocycles. The SMILES string of the molecule is CC(=O)Nc1cc2c([N+](=O)[O-])cccc2cn1. The maximum Gasteiger partial charge on any atom is 0.277 e. The molecule has 0 spiro atoms. The monoisotopic (exact) mass is 231 g/mol. The van der Waals surface area contributed by atoms with Crippen molar-refractivity contribution >= 4 is 28.2 Å². The molecule has 1 aromatic heterocycles. The van der Waals surface area contributed by atoms with Crippen molar-refractivity contribution in [2.45, 2.75) is 6.92 Å². The van der Waals surface area contributed by atoms with Crippen LogP contribution >= 0.6 is 0 Å². The molecule has 1 heterocycles. The van der Waals surface area contributed by atoms with E-state index >= 15 is 0 Å². The van der Waals surface area contributed by atoms with E-state index in [4.69, 9.17) is 0 Å². The number of carbonyl (C=O) groups excluding carboxylic acids is 1. The molecule has 6 heteroatoms. The Morgan fingerprint density at radius 2 is 2.24 bits per heavy atom. The summed E-state index contributed by atoms with van der Waals surface area (Å²) in [7, 11) is 0. The minimum atomic E-state index is -0.458. The summed E-state index contributed by atoms with van der Waals surface area (Å²) in [5.74, 6) is 0.0368. The number of nitrogens with zero attached hydrogens (tertiary/aromatic N) is 2. The zero-order chi connectivity index (χ0) is 12.4. The van der Waals surface area contributed by atoms with Gasteiger partial charge >= 0.3 is 0 Å². The highest BCUT2D eigenvalue weighted by molar-refractivity contribution is 5.95. The molecule has 0 aliphatic heterocycles. The van der Waals surface area contributed by atoms with Crippen molar-refractivity contribution in [3.8, 4) is 0 Å². The number of pyridine rings is 1. The Bertz CT molecular complexity index is 610. The molecule has 86 valence electrons. The van der Waals surface area contributed by atoms with Crippen molar-refractivity contribution in [3.63, 3.8) is 0 Å². The fourth-order valence-corrected chi connectivity index (χ4v) is 1.56. The minimum absolute atomic E-state index is 0.00324. The Morgan fingerprint density at radius 1 is 1.47 bits per heavy atom. The largest absolute Gasteiger partial charge is 0.311 e. The van der Waals surface area contributed by atoms with Crippen LogP contribution in [0, 0.1) is 10.1 Å². The number of non-ortho nitro benzene ring substituents is 1. The molecule has 0 atom stereocenters. The second kappa shape index (κ2) is 4.17. The van der Waals surface area contributed by atoms with Gasteiger partial charge in [-0.05, 0) is 6.07 Å². The molecule has 0 radical (unpaired) electrons. The van der Waals surface area contributed by atoms with E-state index in [1.165, 1.54) is 25.3 Å². The van der Waals surface area contributed by atoms with E-state index in [-0.39, 0.29) is 11.6 Å². The number of nitro groups is 1. The Morgan fingerprint density at radius 3 is 2.88 bits per heavy atom. The van der Waals surface area contributed by atoms with Gasteiger partial charge in [0, 0.05) is 24.6 Å². The molecule has 2 rings (SSSR count). The van der Waals surface area contributed by atoms with E-state index in [0.717, 1.165) is 0 Å². The van der Waals surface area contributed by atoms with Gasteiger partial charge in [-0.3, -0.25) is 14.9 Å². The molecule has 0 aliphatic rings. The number of anilines is 1. The highest BCUT2D eigenvalue weighted by Crippen LogP contribution is 2.26. The standard InChI is InChI=1S/C11H9N3O3/c1-7(15)13-11-5-9-8(6-12-11)3-2-4-10(9)14(16)17/h2-6H,1H3,(H,12,13,15). The third-order valence-corrected chi connectivity index (χ3v) is 2.24. The average molecular weight is 231 g/mol. The molecule has 6 nitrogen and oxygen atoms in total. The smallest absolute Gasteiger partial charge is 0.277 e. The lowest BCUT2D eigenvalue weighted by Gasteiger charge is -2.03. The first-order chi connectivity index (χ1) is 8.08. The van der Waals surface area contributed by atoms with Crippen molar-refractivity contribution in [2.75, 3.05) is 5.32 Å². The van der Waals surface area contributed by atoms with Gasteiger partial charge in [0.1, 0.15) is 5.82 Å². The van der Waals surface area contributed by atoms with Gasteiger partial charge in [0.05, 0.1) is 10.3 Å². The van der Waals surface area contributed by atoms with Crippen LogP contribution in [0.1, 0.15) is 6.92 Å². The van der Waals surface area contributed by atoms with Crippen molar-refractivity contribution in [1.29, 1.82) is 0 Å². The van der Waals surface area contributed by atoms with Crippen LogP contribution in [0.2, 0.25) is 0 Å². The molecule has 0 aliphatic carbocycles. The summed E-state index contributed by atoms with van der Waals surface area (Å²) in [5, 5.41) is 14.5. The number of hydrogen-bond donors (Lipinski definition) is 1. The maximum atomic E-state index is 10.9. The number of hydrogen-bond acceptors (Lipinski definition) is 4. The number of aromatic nitrogens is 1. The number of nitro benzene ring substituents is 1. The number of benzene rings is 1. The van der Waals surface area contributed by atoms with Gasteiger partial charge in [-0.1, -0.05) is 12.1 Å². The number of rotatable bonds is 2. The summed E-state index contributed by atoms with van der Waals surface area (Å²) < 4.78 is 0. The molecule has 0 unspecified atom stereocenters. The summed E-state index contributed by atoms with van der Waals surface area (Å²) in [4.78, 5) is 25.3. The number of nitrogens with one attached hydrogen (secondary N) is 1. The van der Waals surface area contributed by atoms with Gasteiger partial charge in [0.2, 0.25) is 5.91 Å². The molecule has 1 N–H and O–H groups in total. The molecular formula is C11H9N3O3. The lowest BCUT2D eigenvalue weighted by Crippen LogP contribution is -2.07. The molecule has 0 fully saturated rings. The zero-order valence-corrected chi connectivity index (χ0v) is 9.01. The lowest BCUT2D eigenvalue weighted by atomic mass is 10.1. The van der Waals surface area contributed by atoms with Gasteiger partial charge < -0.3 is 5.32 Å². The zero-order valence-electron chi connectivity index (χ0n) is 9.01. The number of amides is 1. The van der Waals surface area contributed by atoms with E-state index in [1.54, 1.807) is 12.1 Å². The predicted octanol–water partition coefficient (Wildman–Crippen LogP) is 2.10. The summed E-state index contributed by atoms with van der Waals surface area (Å²) in [5.41, 5.74) is -0.00324. The first-order valence-corrected chi connectivity index (χ1v) is 4.88. The summed E-state index contributed by atoms with van der Waals surface area (Å²) >= 11 is 0. The van der Waals surface area contributed by atoms with E-state index in [2.05, 4.69) is 10.3 Å². The van der Waals surface area contributed by atoms with Crippen molar-refractivity contribution in [3.05, 3.63) is 40.6 Å². The quantitative estimate of drug-likeness (QED) is 0.633. The molecule has 17 heavy (non-hydrogen) atoms. The van der Waals surface area contributed by atoms with Crippen molar-refractivity contribution < 1.29 is 9.72 Å². The Kier molecular flexibility index (Phi) is 2.70. The third-order valence-electron chi connectivity index (χ3n) is 2.24. The molecule has 1 amide bonds. The van der Waals surface area contributed by atoms with E-state index in [1.807, 2.05) is 0 Å². The topological polar surface area (TPSA) is 85.1 Å². The fourth-order valence-electron chi connectivity index (χ4n) is 1.56. The highest BCUT2D eigenvalue weighted by Gasteiger charge is 2.12. The fraction of sp³-hybridized carbons (Fsp3) is 0.0909. The van der Waals surface area contributed by atoms with Crippen molar-refractivity contribution in [1.82, 2.24) is 4.98 Å². The predicted molar refractivity (Wildman–Crippen MR) is 62.7 cm³/mol. The van der Waals surface area contributed by atoms with Crippen LogP contribution in [0.3, 0.4) is 0 Å². The van der Waals surface area contributed by atoms with Crippen LogP contribution in [0.5, 0.6) is 0 Å². The normalized spacial score (nSPS) is 10.2. The third kappa shape index (κ3) is 2.20. The van der Waals surface area contributed by atoms with Gasteiger partial charge in [0.25, 0.3) is 5.69 Å². The Labute approximate surface area is 96.4 Å². The molecular weight excluding hydrogens is 222 g/mol. The number of fused-ring (bicyclic) bond motifs is 1. The van der Waals surface area contributed by atoms with Gasteiger partial charge in [-0.2, -0.15) is 0 Å². The van der Waals surface area contributed by atoms with Crippen LogP contribution in [-0.4, -0.2) is 15.8 Å². The second-order valence-corrected chi connectivity index (χ2v) is 3.51. The maximum absolute atomic E-state index is 10.9. The first-order valence-electron chi connectivity index (χ1n) is 4.88. The first kappa shape index (κ1) is 11.0. The highest BCUT2D eigenvalue weighted by atomic mass is 16.6. The van der Waals surface area contributed by atoms with Gasteiger partial charge in [-0.15, -0.1) is 0 Å². The molecule has 2 aromatic rings. The van der Waals surface area contributed by atoms with E-state index in [0.29, 0.717) is 16.6 Å². The lowest BCUT2D eigenvalue weighted by molar-refractivity contribution is -0.383. The van der Waals surface area contributed by atoms with Crippen LogP contribution in [-0.2, 0) is 4.79 Å². The van der Waals surface area contributed by atoms with Gasteiger partial charge in [0.15, 0.2) is 0 Å². The second-order valence-electron chi connectivity index (χ2n) is 3.51. The van der Waals surface area contributed by atoms with Crippen LogP contribution in [0.15, 0.2) is 30.5 Å². The minimum Gasteiger partial charge on any atom is -0.311 e. The van der Waals surface area contributed by atoms with Gasteiger partial charge in [-0.25, -0.2) is 4.98 Å². The van der Waals surface area contributed by atoms with E-state index < -0.39 is 4.92 Å². The van der Waals surface area contributed by atoms with Crippen LogP contribution in [0.4, 0.5) is 11.5 Å². The summed E-state index contributed by atoms with van der Waals surface area (Å²) in [6, 6.07) is 6.24. The van der Waals surface area contributed by atoms with Crippen molar-refractivity contribution in [2.24, 2.45) is 0 Å². The van der Waals surface area contributed by atoms with Crippen LogP contribution < -0.4 is 5.32 Å². The van der Waals surface area contributed by atoms with E-state index in [9.17, 15) is 14.9 Å². The summed E-state index contributed by atoms with van der Waals surface area (Å²) in [6.45, 7) is 1.35. The summed E-state index contributed by atoms with van der Waals surface area (Å²) in [6.07, 6.45) is 1.49.